The summed E-state index contributed by atoms with van der Waals surface area (Å²) in [5.41, 5.74) is 2.60. The summed E-state index contributed by atoms with van der Waals surface area (Å²) < 4.78 is 0. The van der Waals surface area contributed by atoms with Crippen molar-refractivity contribution in [3.05, 3.63) is 47.3 Å². The molecule has 1 heterocycles. The first kappa shape index (κ1) is 14.9. The molecule has 2 aromatic rings. The van der Waals surface area contributed by atoms with E-state index in [1.807, 2.05) is 19.9 Å². The fraction of sp³-hybridized carbons (Fsp3) is 0.154. The van der Waals surface area contributed by atoms with Crippen LogP contribution in [0.3, 0.4) is 0 Å². The van der Waals surface area contributed by atoms with E-state index < -0.39 is 5.97 Å². The highest BCUT2D eigenvalue weighted by Gasteiger charge is 2.05. The Morgan fingerprint density at radius 2 is 1.79 bits per heavy atom. The van der Waals surface area contributed by atoms with Crippen molar-refractivity contribution in [2.45, 2.75) is 13.8 Å². The number of nitrogens with one attached hydrogen (secondary N) is 1. The third kappa shape index (κ3) is 3.93. The van der Waals surface area contributed by atoms with Gasteiger partial charge in [-0.25, -0.2) is 14.8 Å². The molecule has 0 aliphatic rings. The maximum absolute atomic E-state index is 10.9. The van der Waals surface area contributed by atoms with E-state index in [0.29, 0.717) is 11.6 Å². The van der Waals surface area contributed by atoms with Gasteiger partial charge in [-0.1, -0.05) is 6.07 Å². The largest absolute Gasteiger partial charge is 0.478 e. The summed E-state index contributed by atoms with van der Waals surface area (Å²) in [6.07, 6.45) is 0. The minimum atomic E-state index is -0.958. The second kappa shape index (κ2) is 6.15. The van der Waals surface area contributed by atoms with Crippen LogP contribution in [0.4, 0.5) is 11.6 Å². The first-order valence-corrected chi connectivity index (χ1v) is 5.47. The number of halogens is 1. The van der Waals surface area contributed by atoms with Gasteiger partial charge in [0.1, 0.15) is 0 Å². The van der Waals surface area contributed by atoms with Crippen LogP contribution in [0.15, 0.2) is 30.3 Å². The zero-order chi connectivity index (χ0) is 13.1. The van der Waals surface area contributed by atoms with E-state index in [4.69, 9.17) is 5.11 Å². The number of hydrogen-bond acceptors (Lipinski definition) is 4. The molecule has 0 saturated carbocycles. The van der Waals surface area contributed by atoms with Crippen LogP contribution in [0.2, 0.25) is 0 Å². The van der Waals surface area contributed by atoms with E-state index in [1.165, 1.54) is 6.07 Å². The predicted molar refractivity (Wildman–Crippen MR) is 75.4 cm³/mol. The Kier molecular flexibility index (Phi) is 4.83. The topological polar surface area (TPSA) is 75.1 Å². The summed E-state index contributed by atoms with van der Waals surface area (Å²) in [6, 6.07) is 8.40. The minimum absolute atomic E-state index is 0. The van der Waals surface area contributed by atoms with Gasteiger partial charge in [-0.05, 0) is 38.1 Å². The van der Waals surface area contributed by atoms with Crippen LogP contribution >= 0.6 is 12.4 Å². The molecular weight excluding hydrogens is 266 g/mol. The average molecular weight is 280 g/mol. The van der Waals surface area contributed by atoms with Crippen LogP contribution < -0.4 is 5.32 Å². The molecule has 1 aromatic carbocycles. The molecule has 0 radical (unpaired) electrons. The molecule has 2 rings (SSSR count). The lowest BCUT2D eigenvalue weighted by Gasteiger charge is -2.07. The first-order chi connectivity index (χ1) is 8.54. The quantitative estimate of drug-likeness (QED) is 0.903. The summed E-state index contributed by atoms with van der Waals surface area (Å²) in [4.78, 5) is 19.3. The van der Waals surface area contributed by atoms with E-state index in [2.05, 4.69) is 15.3 Å². The number of carbonyl (C=O) groups is 1. The van der Waals surface area contributed by atoms with Crippen molar-refractivity contribution in [3.63, 3.8) is 0 Å². The maximum Gasteiger partial charge on any atom is 0.335 e. The molecule has 0 aliphatic carbocycles. The Hall–Kier alpha value is -2.14. The molecule has 0 saturated heterocycles. The molecule has 100 valence electrons. The third-order valence-corrected chi connectivity index (χ3v) is 2.35. The summed E-state index contributed by atoms with van der Waals surface area (Å²) in [7, 11) is 0. The second-order valence-electron chi connectivity index (χ2n) is 3.99. The molecule has 5 nitrogen and oxygen atoms in total. The molecule has 6 heteroatoms. The highest BCUT2D eigenvalue weighted by atomic mass is 35.5. The smallest absolute Gasteiger partial charge is 0.335 e. The second-order valence-corrected chi connectivity index (χ2v) is 3.99. The van der Waals surface area contributed by atoms with E-state index in [9.17, 15) is 4.79 Å². The highest BCUT2D eigenvalue weighted by molar-refractivity contribution is 5.89. The Labute approximate surface area is 117 Å². The number of anilines is 2. The van der Waals surface area contributed by atoms with Crippen molar-refractivity contribution < 1.29 is 9.90 Å². The summed E-state index contributed by atoms with van der Waals surface area (Å²) in [6.45, 7) is 3.76. The minimum Gasteiger partial charge on any atom is -0.478 e. The maximum atomic E-state index is 10.9. The molecule has 0 atom stereocenters. The van der Waals surface area contributed by atoms with E-state index >= 15 is 0 Å². The van der Waals surface area contributed by atoms with Gasteiger partial charge in [-0.2, -0.15) is 0 Å². The number of aromatic carboxylic acids is 1. The molecule has 0 spiro atoms. The standard InChI is InChI=1S/C13H13N3O2.ClH/c1-8-6-9(2)15-13(14-8)16-11-5-3-4-10(7-11)12(17)18;/h3-7H,1-2H3,(H,17,18)(H,14,15,16);1H. The number of benzene rings is 1. The van der Waals surface area contributed by atoms with Crippen LogP contribution in [0.1, 0.15) is 21.7 Å². The molecule has 0 aliphatic heterocycles. The van der Waals surface area contributed by atoms with Crippen molar-refractivity contribution in [1.82, 2.24) is 9.97 Å². The van der Waals surface area contributed by atoms with Gasteiger partial charge in [0.25, 0.3) is 0 Å². The van der Waals surface area contributed by atoms with Gasteiger partial charge in [0.05, 0.1) is 5.56 Å². The Morgan fingerprint density at radius 1 is 1.16 bits per heavy atom. The van der Waals surface area contributed by atoms with E-state index in [1.54, 1.807) is 18.2 Å². The van der Waals surface area contributed by atoms with Gasteiger partial charge in [0.2, 0.25) is 5.95 Å². The average Bonchev–Trinajstić information content (AvgIpc) is 2.27. The molecule has 1 aromatic heterocycles. The van der Waals surface area contributed by atoms with Crippen molar-refractivity contribution in [2.24, 2.45) is 0 Å². The number of hydrogen-bond donors (Lipinski definition) is 2. The molecular formula is C13H14ClN3O2. The lowest BCUT2D eigenvalue weighted by atomic mass is 10.2. The highest BCUT2D eigenvalue weighted by Crippen LogP contribution is 2.15. The number of carboxylic acids is 1. The molecule has 0 unspecified atom stereocenters. The third-order valence-electron chi connectivity index (χ3n) is 2.35. The van der Waals surface area contributed by atoms with Crippen LogP contribution in [-0.2, 0) is 0 Å². The fourth-order valence-electron chi connectivity index (χ4n) is 1.64. The Balaban J connectivity index is 0.00000180. The Morgan fingerprint density at radius 3 is 2.37 bits per heavy atom. The predicted octanol–water partition coefficient (Wildman–Crippen LogP) is 2.96. The molecule has 0 fully saturated rings. The van der Waals surface area contributed by atoms with Gasteiger partial charge in [-0.3, -0.25) is 0 Å². The Bertz CT molecular complexity index is 582. The van der Waals surface area contributed by atoms with Gasteiger partial charge in [0.15, 0.2) is 0 Å². The summed E-state index contributed by atoms with van der Waals surface area (Å²) in [5, 5.41) is 11.9. The number of aryl methyl sites for hydroxylation is 2. The first-order valence-electron chi connectivity index (χ1n) is 5.47. The van der Waals surface area contributed by atoms with Crippen molar-refractivity contribution in [2.75, 3.05) is 5.32 Å². The number of aromatic nitrogens is 2. The van der Waals surface area contributed by atoms with E-state index in [0.717, 1.165) is 11.4 Å². The van der Waals surface area contributed by atoms with Crippen LogP contribution in [0, 0.1) is 13.8 Å². The van der Waals surface area contributed by atoms with Crippen LogP contribution in [0.5, 0.6) is 0 Å². The normalized spacial score (nSPS) is 9.58. The lowest BCUT2D eigenvalue weighted by molar-refractivity contribution is 0.0697. The fourth-order valence-corrected chi connectivity index (χ4v) is 1.64. The van der Waals surface area contributed by atoms with Gasteiger partial charge < -0.3 is 10.4 Å². The number of carboxylic acid groups (broad SMARTS) is 1. The zero-order valence-electron chi connectivity index (χ0n) is 10.5. The number of rotatable bonds is 3. The summed E-state index contributed by atoms with van der Waals surface area (Å²) >= 11 is 0. The zero-order valence-corrected chi connectivity index (χ0v) is 11.4. The van der Waals surface area contributed by atoms with Crippen LogP contribution in [0.25, 0.3) is 0 Å². The molecule has 2 N–H and O–H groups in total. The van der Waals surface area contributed by atoms with Crippen molar-refractivity contribution in [3.8, 4) is 0 Å². The lowest BCUT2D eigenvalue weighted by Crippen LogP contribution is -2.01. The van der Waals surface area contributed by atoms with Crippen LogP contribution in [-0.4, -0.2) is 21.0 Å². The van der Waals surface area contributed by atoms with Crippen molar-refractivity contribution in [1.29, 1.82) is 0 Å². The van der Waals surface area contributed by atoms with Gasteiger partial charge in [-0.15, -0.1) is 12.4 Å². The number of nitrogens with zero attached hydrogens (tertiary/aromatic N) is 2. The summed E-state index contributed by atoms with van der Waals surface area (Å²) in [5.74, 6) is -0.491. The molecule has 0 amide bonds. The molecule has 0 bridgehead atoms. The molecule has 19 heavy (non-hydrogen) atoms. The van der Waals surface area contributed by atoms with Gasteiger partial charge in [0, 0.05) is 17.1 Å². The monoisotopic (exact) mass is 279 g/mol. The van der Waals surface area contributed by atoms with E-state index in [-0.39, 0.29) is 18.0 Å². The SMILES string of the molecule is Cc1cc(C)nc(Nc2cccc(C(=O)O)c2)n1.Cl. The van der Waals surface area contributed by atoms with Crippen molar-refractivity contribution >= 4 is 30.0 Å². The van der Waals surface area contributed by atoms with Gasteiger partial charge >= 0.3 is 5.97 Å².